The molecule has 1 atom stereocenters. The molecule has 0 spiro atoms. The second-order valence-electron chi connectivity index (χ2n) is 7.99. The number of amides is 2. The fourth-order valence-electron chi connectivity index (χ4n) is 3.78. The number of carbonyl (C=O) groups is 2. The molecule has 1 heterocycles. The standard InChI is InChI=1S/C22H17Cl2F6N3O3/c1-10-14(19(31)35)2-3-15(16(10)7-18(34)32-9-21(25,26)27)17-8-20(36-33-17,22(28,29)30)11-4-12(23)6-13(24)5-11/h2-6H,7-9H2,1H3,(H2,31,35)(H,32,34). The number of nitrogens with one attached hydrogen (secondary N) is 1. The quantitative estimate of drug-likeness (QED) is 0.479. The molecule has 2 amide bonds. The third kappa shape index (κ3) is 5.70. The monoisotopic (exact) mass is 555 g/mol. The molecule has 0 aliphatic carbocycles. The van der Waals surface area contributed by atoms with Gasteiger partial charge < -0.3 is 15.9 Å². The Balaban J connectivity index is 2.05. The van der Waals surface area contributed by atoms with Gasteiger partial charge in [0.05, 0.1) is 12.1 Å². The number of rotatable bonds is 6. The van der Waals surface area contributed by atoms with Crippen molar-refractivity contribution in [2.45, 2.75) is 37.7 Å². The van der Waals surface area contributed by atoms with E-state index in [-0.39, 0.29) is 38.0 Å². The Morgan fingerprint density at radius 2 is 1.72 bits per heavy atom. The summed E-state index contributed by atoms with van der Waals surface area (Å²) in [5.41, 5.74) is 1.61. The fourth-order valence-corrected chi connectivity index (χ4v) is 4.31. The summed E-state index contributed by atoms with van der Waals surface area (Å²) in [6, 6.07) is 5.70. The molecule has 6 nitrogen and oxygen atoms in total. The summed E-state index contributed by atoms with van der Waals surface area (Å²) >= 11 is 11.8. The minimum absolute atomic E-state index is 0.0288. The molecule has 1 unspecified atom stereocenters. The highest BCUT2D eigenvalue weighted by Crippen LogP contribution is 2.50. The topological polar surface area (TPSA) is 93.8 Å². The smallest absolute Gasteiger partial charge is 0.374 e. The van der Waals surface area contributed by atoms with Crippen molar-refractivity contribution in [3.05, 3.63) is 68.2 Å². The van der Waals surface area contributed by atoms with E-state index < -0.39 is 54.7 Å². The molecule has 0 aromatic heterocycles. The van der Waals surface area contributed by atoms with Gasteiger partial charge in [0.2, 0.25) is 11.8 Å². The molecule has 2 aromatic carbocycles. The van der Waals surface area contributed by atoms with Gasteiger partial charge in [-0.25, -0.2) is 0 Å². The first-order chi connectivity index (χ1) is 16.5. The highest BCUT2D eigenvalue weighted by Gasteiger charge is 2.62. The molecule has 3 N–H and O–H groups in total. The van der Waals surface area contributed by atoms with Crippen molar-refractivity contribution in [3.8, 4) is 0 Å². The molecule has 0 saturated heterocycles. The number of nitrogens with zero attached hydrogens (tertiary/aromatic N) is 1. The Hall–Kier alpha value is -2.99. The minimum Gasteiger partial charge on any atom is -0.374 e. The molecule has 1 aliphatic rings. The van der Waals surface area contributed by atoms with Crippen LogP contribution in [0.1, 0.15) is 39.0 Å². The van der Waals surface area contributed by atoms with Crippen LogP contribution in [-0.4, -0.2) is 36.4 Å². The Kier molecular flexibility index (Phi) is 7.52. The van der Waals surface area contributed by atoms with Crippen molar-refractivity contribution >= 4 is 40.7 Å². The van der Waals surface area contributed by atoms with Crippen LogP contribution in [0.5, 0.6) is 0 Å². The van der Waals surface area contributed by atoms with Crippen molar-refractivity contribution < 1.29 is 40.8 Å². The van der Waals surface area contributed by atoms with Crippen LogP contribution in [0.25, 0.3) is 0 Å². The van der Waals surface area contributed by atoms with Gasteiger partial charge in [0.15, 0.2) is 0 Å². The molecule has 36 heavy (non-hydrogen) atoms. The van der Waals surface area contributed by atoms with Crippen LogP contribution in [0.4, 0.5) is 26.3 Å². The summed E-state index contributed by atoms with van der Waals surface area (Å²) in [4.78, 5) is 29.0. The molecule has 0 bridgehead atoms. The van der Waals surface area contributed by atoms with Crippen LogP contribution >= 0.6 is 23.2 Å². The van der Waals surface area contributed by atoms with E-state index in [1.54, 1.807) is 5.32 Å². The zero-order valence-corrected chi connectivity index (χ0v) is 19.8. The van der Waals surface area contributed by atoms with E-state index in [0.29, 0.717) is 0 Å². The Labute approximate surface area is 210 Å². The molecule has 194 valence electrons. The van der Waals surface area contributed by atoms with Crippen LogP contribution in [0, 0.1) is 6.92 Å². The predicted molar refractivity (Wildman–Crippen MR) is 119 cm³/mol. The van der Waals surface area contributed by atoms with Gasteiger partial charge in [-0.05, 0) is 42.3 Å². The third-order valence-corrected chi connectivity index (χ3v) is 5.95. The summed E-state index contributed by atoms with van der Waals surface area (Å²) in [6.07, 6.45) is -11.3. The third-order valence-electron chi connectivity index (χ3n) is 5.51. The number of halogens is 8. The van der Waals surface area contributed by atoms with Crippen molar-refractivity contribution in [2.75, 3.05) is 6.54 Å². The molecule has 0 saturated carbocycles. The van der Waals surface area contributed by atoms with Crippen LogP contribution in [0.3, 0.4) is 0 Å². The molecule has 14 heteroatoms. The summed E-state index contributed by atoms with van der Waals surface area (Å²) < 4.78 is 80.5. The van der Waals surface area contributed by atoms with E-state index in [0.717, 1.165) is 12.1 Å². The first kappa shape index (κ1) is 27.6. The number of carbonyl (C=O) groups excluding carboxylic acids is 2. The van der Waals surface area contributed by atoms with Crippen LogP contribution in [-0.2, 0) is 21.7 Å². The van der Waals surface area contributed by atoms with Gasteiger partial charge in [0, 0.05) is 33.2 Å². The molecule has 1 aliphatic heterocycles. The average molecular weight is 556 g/mol. The number of oxime groups is 1. The lowest BCUT2D eigenvalue weighted by Gasteiger charge is -2.29. The van der Waals surface area contributed by atoms with Gasteiger partial charge in [-0.15, -0.1) is 0 Å². The second-order valence-corrected chi connectivity index (χ2v) is 8.86. The Morgan fingerprint density at radius 3 is 2.25 bits per heavy atom. The molecule has 2 aromatic rings. The maximum Gasteiger partial charge on any atom is 0.435 e. The minimum atomic E-state index is -5.00. The predicted octanol–water partition coefficient (Wildman–Crippen LogP) is 5.20. The number of alkyl halides is 6. The van der Waals surface area contributed by atoms with Gasteiger partial charge in [0.25, 0.3) is 5.60 Å². The SMILES string of the molecule is Cc1c(C(N)=O)ccc(C2=NOC(c3cc(Cl)cc(Cl)c3)(C(F)(F)F)C2)c1CC(=O)NCC(F)(F)F. The van der Waals surface area contributed by atoms with E-state index >= 15 is 0 Å². The van der Waals surface area contributed by atoms with Gasteiger partial charge in [-0.1, -0.05) is 34.4 Å². The number of primary amides is 1. The van der Waals surface area contributed by atoms with Crippen LogP contribution in [0.15, 0.2) is 35.5 Å². The zero-order chi connectivity index (χ0) is 27.1. The fraction of sp³-hybridized carbons (Fsp3) is 0.318. The van der Waals surface area contributed by atoms with Gasteiger partial charge >= 0.3 is 12.4 Å². The maximum absolute atomic E-state index is 14.3. The lowest BCUT2D eigenvalue weighted by atomic mass is 9.84. The molecular weight excluding hydrogens is 539 g/mol. The average Bonchev–Trinajstić information content (AvgIpc) is 3.19. The number of hydrogen-bond acceptors (Lipinski definition) is 4. The van der Waals surface area contributed by atoms with E-state index in [2.05, 4.69) is 5.16 Å². The van der Waals surface area contributed by atoms with Crippen LogP contribution < -0.4 is 11.1 Å². The Morgan fingerprint density at radius 1 is 1.11 bits per heavy atom. The maximum atomic E-state index is 14.3. The molecular formula is C22H17Cl2F6N3O3. The van der Waals surface area contributed by atoms with Crippen molar-refractivity contribution in [3.63, 3.8) is 0 Å². The lowest BCUT2D eigenvalue weighted by molar-refractivity contribution is -0.275. The largest absolute Gasteiger partial charge is 0.435 e. The zero-order valence-electron chi connectivity index (χ0n) is 18.3. The van der Waals surface area contributed by atoms with Gasteiger partial charge in [-0.3, -0.25) is 9.59 Å². The molecule has 0 fully saturated rings. The number of nitrogens with two attached hydrogens (primary N) is 1. The summed E-state index contributed by atoms with van der Waals surface area (Å²) in [7, 11) is 0. The van der Waals surface area contributed by atoms with E-state index in [1.165, 1.54) is 25.1 Å². The number of hydrogen-bond donors (Lipinski definition) is 2. The van der Waals surface area contributed by atoms with E-state index in [4.69, 9.17) is 33.8 Å². The van der Waals surface area contributed by atoms with E-state index in [9.17, 15) is 35.9 Å². The summed E-state index contributed by atoms with van der Waals surface area (Å²) in [5.74, 6) is -1.99. The highest BCUT2D eigenvalue weighted by molar-refractivity contribution is 6.34. The number of benzene rings is 2. The Bertz CT molecular complexity index is 1230. The van der Waals surface area contributed by atoms with Gasteiger partial charge in [0.1, 0.15) is 6.54 Å². The first-order valence-corrected chi connectivity index (χ1v) is 10.8. The van der Waals surface area contributed by atoms with Crippen LogP contribution in [0.2, 0.25) is 10.0 Å². The summed E-state index contributed by atoms with van der Waals surface area (Å²) in [6.45, 7) is -0.257. The normalized spacial score (nSPS) is 18.0. The van der Waals surface area contributed by atoms with Crippen molar-refractivity contribution in [1.29, 1.82) is 0 Å². The highest BCUT2D eigenvalue weighted by atomic mass is 35.5. The lowest BCUT2D eigenvalue weighted by Crippen LogP contribution is -2.42. The summed E-state index contributed by atoms with van der Waals surface area (Å²) in [5, 5.41) is 5.13. The van der Waals surface area contributed by atoms with Crippen molar-refractivity contribution in [2.24, 2.45) is 10.9 Å². The molecule has 3 rings (SSSR count). The first-order valence-electron chi connectivity index (χ1n) is 10.1. The van der Waals surface area contributed by atoms with E-state index in [1.807, 2.05) is 0 Å². The second kappa shape index (κ2) is 9.81. The van der Waals surface area contributed by atoms with Gasteiger partial charge in [-0.2, -0.15) is 26.3 Å². The van der Waals surface area contributed by atoms with Crippen molar-refractivity contribution in [1.82, 2.24) is 5.32 Å². The molecule has 0 radical (unpaired) electrons.